The van der Waals surface area contributed by atoms with Crippen molar-refractivity contribution in [3.63, 3.8) is 0 Å². The molecule has 3 aromatic carbocycles. The minimum absolute atomic E-state index is 0. The van der Waals surface area contributed by atoms with Gasteiger partial charge in [-0.3, -0.25) is 9.78 Å². The van der Waals surface area contributed by atoms with Crippen molar-refractivity contribution < 1.29 is 34.8 Å². The molecule has 4 aromatic rings. The summed E-state index contributed by atoms with van der Waals surface area (Å²) in [5.41, 5.74) is 5.57. The third kappa shape index (κ3) is 8.55. The molecule has 4 nitrogen and oxygen atoms in total. The van der Waals surface area contributed by atoms with Gasteiger partial charge in [0.25, 0.3) is 0 Å². The smallest absolute Gasteiger partial charge is 0.162 e. The number of aromatic nitrogens is 1. The first-order valence-electron chi connectivity index (χ1n) is 18.1. The van der Waals surface area contributed by atoms with Crippen molar-refractivity contribution in [1.29, 1.82) is 0 Å². The predicted molar refractivity (Wildman–Crippen MR) is 214 cm³/mol. The molecule has 269 valence electrons. The summed E-state index contributed by atoms with van der Waals surface area (Å²) < 4.78 is 0. The molecule has 1 radical (unpaired) electrons. The number of carbonyl (C=O) groups is 2. The zero-order valence-electron chi connectivity index (χ0n) is 32.0. The Labute approximate surface area is 316 Å². The topological polar surface area (TPSA) is 67.3 Å². The first-order chi connectivity index (χ1) is 23.0. The maximum absolute atomic E-state index is 13.2. The number of ketones is 1. The molecule has 0 atom stereocenters. The number of benzene rings is 3. The van der Waals surface area contributed by atoms with Crippen molar-refractivity contribution in [3.05, 3.63) is 90.3 Å². The van der Waals surface area contributed by atoms with Crippen LogP contribution in [0.25, 0.3) is 33.2 Å². The van der Waals surface area contributed by atoms with Crippen LogP contribution < -0.4 is 10.4 Å². The second kappa shape index (κ2) is 16.6. The van der Waals surface area contributed by atoms with Crippen LogP contribution in [0.4, 0.5) is 4.79 Å². The van der Waals surface area contributed by atoms with Crippen LogP contribution in [0.2, 0.25) is 26.2 Å². The molecule has 0 bridgehead atoms. The van der Waals surface area contributed by atoms with Crippen molar-refractivity contribution in [2.24, 2.45) is 11.8 Å². The van der Waals surface area contributed by atoms with E-state index >= 15 is 0 Å². The summed E-state index contributed by atoms with van der Waals surface area (Å²) in [6, 6.07) is 25.3. The number of pyridine rings is 1. The predicted octanol–water partition coefficient (Wildman–Crippen LogP) is 10.7. The molecular weight excluding hydrogens is 827 g/mol. The Morgan fingerprint density at radius 3 is 2.00 bits per heavy atom. The van der Waals surface area contributed by atoms with Crippen molar-refractivity contribution in [3.8, 4) is 22.4 Å². The Kier molecular flexibility index (Phi) is 13.7. The molecule has 0 spiro atoms. The molecule has 1 N–H and O–H groups in total. The fraction of sp³-hybridized carbons (Fsp3) is 0.419. The molecule has 5 rings (SSSR count). The van der Waals surface area contributed by atoms with Gasteiger partial charge >= 0.3 is 0 Å². The molecule has 7 heteroatoms. The van der Waals surface area contributed by atoms with Crippen LogP contribution >= 0.6 is 0 Å². The van der Waals surface area contributed by atoms with Gasteiger partial charge in [-0.1, -0.05) is 138 Å². The number of aliphatic hydroxyl groups is 1. The zero-order chi connectivity index (χ0) is 36.3. The number of hydrogen-bond acceptors (Lipinski definition) is 4. The van der Waals surface area contributed by atoms with Crippen molar-refractivity contribution in [2.45, 2.75) is 106 Å². The van der Waals surface area contributed by atoms with Crippen molar-refractivity contribution >= 4 is 48.1 Å². The third-order valence-corrected chi connectivity index (χ3v) is 20.3. The van der Waals surface area contributed by atoms with E-state index in [2.05, 4.69) is 114 Å². The van der Waals surface area contributed by atoms with E-state index in [1.807, 2.05) is 33.9 Å². The molecule has 1 aliphatic heterocycles. The molecule has 0 saturated carbocycles. The second-order valence-corrected chi connectivity index (χ2v) is 24.6. The van der Waals surface area contributed by atoms with Crippen LogP contribution in [0.5, 0.6) is 0 Å². The number of rotatable bonds is 9. The fourth-order valence-corrected chi connectivity index (χ4v) is 19.3. The maximum Gasteiger partial charge on any atom is 0.162 e. The Balaban J connectivity index is 0.000000361. The summed E-state index contributed by atoms with van der Waals surface area (Å²) in [7, 11) is -4.13. The van der Waals surface area contributed by atoms with Gasteiger partial charge in [-0.15, -0.1) is 29.1 Å². The summed E-state index contributed by atoms with van der Waals surface area (Å²) in [5, 5.41) is 15.4. The number of aliphatic hydroxyl groups excluding tert-OH is 1. The van der Waals surface area contributed by atoms with E-state index in [9.17, 15) is 14.7 Å². The molecule has 50 heavy (non-hydrogen) atoms. The monoisotopic (exact) mass is 883 g/mol. The van der Waals surface area contributed by atoms with E-state index in [-0.39, 0.29) is 48.9 Å². The van der Waals surface area contributed by atoms with Gasteiger partial charge in [-0.2, -0.15) is 0 Å². The Hall–Kier alpha value is -2.97. The molecule has 0 saturated heterocycles. The van der Waals surface area contributed by atoms with E-state index in [1.165, 1.54) is 33.0 Å². The van der Waals surface area contributed by atoms with Crippen LogP contribution in [0.15, 0.2) is 78.7 Å². The average Bonchev–Trinajstić information content (AvgIpc) is 3.21. The number of fused-ring (bicyclic) bond motifs is 2. The van der Waals surface area contributed by atoms with Gasteiger partial charge in [0, 0.05) is 49.9 Å². The molecule has 0 aliphatic carbocycles. The Morgan fingerprint density at radius 2 is 1.40 bits per heavy atom. The van der Waals surface area contributed by atoms with E-state index in [0.29, 0.717) is 5.03 Å². The van der Waals surface area contributed by atoms with E-state index in [1.54, 1.807) is 0 Å². The average molecular weight is 883 g/mol. The molecule has 0 amide bonds. The van der Waals surface area contributed by atoms with Crippen LogP contribution in [0.3, 0.4) is 0 Å². The van der Waals surface area contributed by atoms with Crippen LogP contribution in [0.1, 0.15) is 79.7 Å². The van der Waals surface area contributed by atoms with Gasteiger partial charge in [-0.05, 0) is 48.3 Å². The summed E-state index contributed by atoms with van der Waals surface area (Å²) in [5.74, 6) is 0.547. The first-order valence-corrected chi connectivity index (χ1v) is 24.1. The van der Waals surface area contributed by atoms with Gasteiger partial charge in [0.2, 0.25) is 0 Å². The summed E-state index contributed by atoms with van der Waals surface area (Å²) in [4.78, 5) is 29.7. The van der Waals surface area contributed by atoms with Gasteiger partial charge in [0.1, 0.15) is 5.03 Å². The quantitative estimate of drug-likeness (QED) is 0.0787. The molecule has 2 heterocycles. The number of hydrogen-bond donors (Lipinski definition) is 1. The summed E-state index contributed by atoms with van der Waals surface area (Å²) in [6.45, 7) is 23.7. The largest absolute Gasteiger partial charge is 0.512 e. The van der Waals surface area contributed by atoms with Crippen LogP contribution in [0, 0.1) is 17.9 Å². The van der Waals surface area contributed by atoms with Crippen molar-refractivity contribution in [2.75, 3.05) is 0 Å². The van der Waals surface area contributed by atoms with E-state index in [0.717, 1.165) is 47.9 Å². The molecule has 1 aliphatic rings. The molecule has 0 fully saturated rings. The second-order valence-electron chi connectivity index (χ2n) is 15.7. The Morgan fingerprint density at radius 1 is 0.820 bits per heavy atom. The van der Waals surface area contributed by atoms with Gasteiger partial charge in [0.15, 0.2) is 21.9 Å². The standard InChI is InChI=1S/C30H32NOSi2.C13H24O2.Ir/c1-30(2,3)25-17-23(16-22-10-8-9-11-24(22)25)26-18-21(14-15-31-26)20-12-13-27-28(19-20)34(6,7)29(32)33(27,4)5;1-5-10(6-2)12(14)9-13(15)11(7-3)8-4;/h8-15,17-19H,1-7H3;9-11,14H,5-8H2,1-4H3;/q-1;;/b;12-9-;. The Bertz CT molecular complexity index is 1860. The van der Waals surface area contributed by atoms with Crippen molar-refractivity contribution in [1.82, 2.24) is 4.98 Å². The maximum atomic E-state index is 13.2. The SMILES string of the molecule is CC(C)(C)c1cc(-c2cc(-c3ccc4c(c3)[Si](C)(C)C(=O)[Si]4(C)C)ccn2)[c-]c2ccccc12.CCC(CC)C(=O)/C=C(\O)C(CC)CC.[Ir]. The zero-order valence-corrected chi connectivity index (χ0v) is 36.4. The summed E-state index contributed by atoms with van der Waals surface area (Å²) in [6.07, 6.45) is 6.80. The minimum atomic E-state index is -2.10. The van der Waals surface area contributed by atoms with E-state index < -0.39 is 16.1 Å². The fourth-order valence-electron chi connectivity index (χ4n) is 7.34. The number of carbonyl (C=O) groups excluding carboxylic acids is 2. The van der Waals surface area contributed by atoms with Gasteiger partial charge < -0.3 is 9.90 Å². The van der Waals surface area contributed by atoms with E-state index in [4.69, 9.17) is 4.98 Å². The first kappa shape index (κ1) is 41.5. The third-order valence-electron chi connectivity index (χ3n) is 10.5. The number of nitrogens with zero attached hydrogens (tertiary/aromatic N) is 1. The van der Waals surface area contributed by atoms with Gasteiger partial charge in [-0.25, -0.2) is 0 Å². The minimum Gasteiger partial charge on any atom is -0.512 e. The molecule has 0 unspecified atom stereocenters. The molecular formula is C43H56IrNO3Si2-. The summed E-state index contributed by atoms with van der Waals surface area (Å²) >= 11 is 0. The molecule has 1 aromatic heterocycles. The van der Waals surface area contributed by atoms with Crippen LogP contribution in [-0.2, 0) is 30.3 Å². The normalized spacial score (nSPS) is 15.1. The van der Waals surface area contributed by atoms with Crippen LogP contribution in [-0.4, -0.2) is 37.1 Å². The number of allylic oxidation sites excluding steroid dienone is 2. The van der Waals surface area contributed by atoms with Gasteiger partial charge in [0.05, 0.1) is 5.76 Å².